The number of carbonyl (C=O) groups excluding carboxylic acids is 1. The molecule has 8 heteroatoms. The molecule has 156 valence electrons. The van der Waals surface area contributed by atoms with Gasteiger partial charge in [-0.3, -0.25) is 4.79 Å². The van der Waals surface area contributed by atoms with Gasteiger partial charge in [0.1, 0.15) is 23.7 Å². The lowest BCUT2D eigenvalue weighted by Crippen LogP contribution is -2.31. The van der Waals surface area contributed by atoms with Gasteiger partial charge in [-0.25, -0.2) is 9.07 Å². The zero-order valence-corrected chi connectivity index (χ0v) is 17.4. The van der Waals surface area contributed by atoms with Crippen LogP contribution in [0.2, 0.25) is 5.02 Å². The first kappa shape index (κ1) is 19.6. The summed E-state index contributed by atoms with van der Waals surface area (Å²) in [6.45, 7) is 1.53. The van der Waals surface area contributed by atoms with Gasteiger partial charge in [0.2, 0.25) is 5.91 Å². The van der Waals surface area contributed by atoms with Crippen molar-refractivity contribution in [3.8, 4) is 22.5 Å². The number of aromatic nitrogens is 4. The number of nitrogens with zero attached hydrogens (tertiary/aromatic N) is 5. The highest BCUT2D eigenvalue weighted by Crippen LogP contribution is 2.37. The summed E-state index contributed by atoms with van der Waals surface area (Å²) in [6.07, 6.45) is 2.01. The van der Waals surface area contributed by atoms with E-state index in [1.165, 1.54) is 16.8 Å². The van der Waals surface area contributed by atoms with E-state index in [0.29, 0.717) is 33.0 Å². The van der Waals surface area contributed by atoms with Crippen molar-refractivity contribution in [2.24, 2.45) is 0 Å². The second kappa shape index (κ2) is 8.07. The number of rotatable bonds is 4. The number of hydrogen-bond donors (Lipinski definition) is 0. The molecule has 1 aliphatic heterocycles. The van der Waals surface area contributed by atoms with E-state index < -0.39 is 0 Å². The van der Waals surface area contributed by atoms with Gasteiger partial charge in [-0.2, -0.15) is 5.10 Å². The molecule has 0 unspecified atom stereocenters. The zero-order chi connectivity index (χ0) is 21.4. The van der Waals surface area contributed by atoms with Crippen molar-refractivity contribution in [3.63, 3.8) is 0 Å². The first-order valence-electron chi connectivity index (χ1n) is 10.1. The van der Waals surface area contributed by atoms with E-state index in [9.17, 15) is 9.18 Å². The average molecular weight is 436 g/mol. The van der Waals surface area contributed by atoms with Crippen LogP contribution in [0, 0.1) is 5.82 Å². The van der Waals surface area contributed by atoms with Crippen molar-refractivity contribution in [1.29, 1.82) is 0 Å². The number of likely N-dealkylation sites (tertiary alicyclic amines) is 1. The first-order chi connectivity index (χ1) is 15.1. The second-order valence-corrected chi connectivity index (χ2v) is 7.91. The molecular weight excluding hydrogens is 417 g/mol. The van der Waals surface area contributed by atoms with Gasteiger partial charge < -0.3 is 4.90 Å². The van der Waals surface area contributed by atoms with E-state index in [2.05, 4.69) is 15.3 Å². The third-order valence-corrected chi connectivity index (χ3v) is 5.85. The number of halogens is 2. The van der Waals surface area contributed by atoms with Crippen LogP contribution < -0.4 is 0 Å². The average Bonchev–Trinajstić information content (AvgIpc) is 3.44. The molecule has 1 amide bonds. The maximum Gasteiger partial charge on any atom is 0.244 e. The fourth-order valence-electron chi connectivity index (χ4n) is 3.94. The normalized spacial score (nSPS) is 13.8. The lowest BCUT2D eigenvalue weighted by molar-refractivity contribution is -0.130. The Morgan fingerprint density at radius 2 is 1.71 bits per heavy atom. The molecule has 0 N–H and O–H groups in total. The van der Waals surface area contributed by atoms with Crippen molar-refractivity contribution >= 4 is 28.5 Å². The van der Waals surface area contributed by atoms with E-state index in [4.69, 9.17) is 11.6 Å². The van der Waals surface area contributed by atoms with Crippen LogP contribution in [0.15, 0.2) is 54.6 Å². The highest BCUT2D eigenvalue weighted by Gasteiger charge is 2.24. The minimum absolute atomic E-state index is 0.0293. The lowest BCUT2D eigenvalue weighted by Gasteiger charge is -2.15. The highest BCUT2D eigenvalue weighted by atomic mass is 35.5. The van der Waals surface area contributed by atoms with Crippen LogP contribution in [0.1, 0.15) is 12.8 Å². The van der Waals surface area contributed by atoms with Crippen LogP contribution in [0.4, 0.5) is 4.39 Å². The quantitative estimate of drug-likeness (QED) is 0.471. The summed E-state index contributed by atoms with van der Waals surface area (Å²) in [5.74, 6) is -0.410. The van der Waals surface area contributed by atoms with Gasteiger partial charge in [0.25, 0.3) is 0 Å². The molecule has 4 aromatic rings. The largest absolute Gasteiger partial charge is 0.341 e. The minimum atomic E-state index is -0.380. The van der Waals surface area contributed by atoms with Crippen molar-refractivity contribution < 1.29 is 9.18 Å². The summed E-state index contributed by atoms with van der Waals surface area (Å²) in [5.41, 5.74) is 2.76. The fraction of sp³-hybridized carbons (Fsp3) is 0.217. The fourth-order valence-corrected chi connectivity index (χ4v) is 4.26. The van der Waals surface area contributed by atoms with Crippen molar-refractivity contribution in [2.45, 2.75) is 19.4 Å². The smallest absolute Gasteiger partial charge is 0.244 e. The van der Waals surface area contributed by atoms with Crippen molar-refractivity contribution in [3.05, 3.63) is 65.4 Å². The summed E-state index contributed by atoms with van der Waals surface area (Å²) in [4.78, 5) is 14.6. The molecular formula is C23H19ClFN5O. The Labute approximate surface area is 183 Å². The minimum Gasteiger partial charge on any atom is -0.341 e. The highest BCUT2D eigenvalue weighted by molar-refractivity contribution is 6.38. The molecule has 1 fully saturated rings. The molecule has 0 spiro atoms. The van der Waals surface area contributed by atoms with E-state index in [1.54, 1.807) is 12.1 Å². The van der Waals surface area contributed by atoms with E-state index >= 15 is 0 Å². The van der Waals surface area contributed by atoms with Crippen LogP contribution in [-0.4, -0.2) is 43.9 Å². The topological polar surface area (TPSA) is 63.9 Å². The standard InChI is InChI=1S/C23H19ClFN5O/c24-20-19-21(16-9-6-10-17(25)13-16)28-30(14-18(31)29-11-4-5-12-29)23(19)27-26-22(20)15-7-2-1-3-8-15/h1-3,6-10,13H,4-5,11-12,14H2. The summed E-state index contributed by atoms with van der Waals surface area (Å²) in [7, 11) is 0. The van der Waals surface area contributed by atoms with Crippen LogP contribution in [0.25, 0.3) is 33.5 Å². The van der Waals surface area contributed by atoms with Gasteiger partial charge in [0.15, 0.2) is 5.65 Å². The number of benzene rings is 2. The van der Waals surface area contributed by atoms with Gasteiger partial charge in [-0.1, -0.05) is 54.1 Å². The van der Waals surface area contributed by atoms with E-state index in [1.807, 2.05) is 35.2 Å². The molecule has 0 aliphatic carbocycles. The maximum absolute atomic E-state index is 14.0. The molecule has 0 atom stereocenters. The summed E-state index contributed by atoms with van der Waals surface area (Å²) < 4.78 is 15.5. The van der Waals surface area contributed by atoms with Crippen LogP contribution in [-0.2, 0) is 11.3 Å². The Hall–Kier alpha value is -3.32. The summed E-state index contributed by atoms with van der Waals surface area (Å²) >= 11 is 6.80. The molecule has 2 aromatic heterocycles. The third-order valence-electron chi connectivity index (χ3n) is 5.49. The number of fused-ring (bicyclic) bond motifs is 1. The third kappa shape index (κ3) is 3.65. The molecule has 3 heterocycles. The Morgan fingerprint density at radius 1 is 0.968 bits per heavy atom. The molecule has 0 radical (unpaired) electrons. The predicted molar refractivity (Wildman–Crippen MR) is 117 cm³/mol. The van der Waals surface area contributed by atoms with Gasteiger partial charge in [0.05, 0.1) is 10.4 Å². The van der Waals surface area contributed by atoms with Crippen LogP contribution >= 0.6 is 11.6 Å². The monoisotopic (exact) mass is 435 g/mol. The Bertz CT molecular complexity index is 1270. The number of carbonyl (C=O) groups is 1. The Balaban J connectivity index is 1.68. The second-order valence-electron chi connectivity index (χ2n) is 7.53. The van der Waals surface area contributed by atoms with Gasteiger partial charge >= 0.3 is 0 Å². The Morgan fingerprint density at radius 3 is 2.45 bits per heavy atom. The van der Waals surface area contributed by atoms with Crippen molar-refractivity contribution in [1.82, 2.24) is 24.9 Å². The SMILES string of the molecule is O=C(Cn1nc(-c2cccc(F)c2)c2c(Cl)c(-c3ccccc3)nnc21)N1CCCC1. The van der Waals surface area contributed by atoms with Crippen LogP contribution in [0.3, 0.4) is 0 Å². The molecule has 6 nitrogen and oxygen atoms in total. The predicted octanol–water partition coefficient (Wildman–Crippen LogP) is 4.58. The number of hydrogen-bond acceptors (Lipinski definition) is 4. The van der Waals surface area contributed by atoms with Gasteiger partial charge in [-0.15, -0.1) is 10.2 Å². The van der Waals surface area contributed by atoms with E-state index in [0.717, 1.165) is 31.5 Å². The molecule has 1 saturated heterocycles. The molecule has 0 bridgehead atoms. The maximum atomic E-state index is 14.0. The molecule has 5 rings (SSSR count). The summed E-state index contributed by atoms with van der Waals surface area (Å²) in [6, 6.07) is 15.6. The lowest BCUT2D eigenvalue weighted by atomic mass is 10.1. The van der Waals surface area contributed by atoms with Crippen LogP contribution in [0.5, 0.6) is 0 Å². The zero-order valence-electron chi connectivity index (χ0n) is 16.6. The molecule has 1 aliphatic rings. The molecule has 31 heavy (non-hydrogen) atoms. The first-order valence-corrected chi connectivity index (χ1v) is 10.5. The van der Waals surface area contributed by atoms with E-state index in [-0.39, 0.29) is 18.3 Å². The molecule has 0 saturated carbocycles. The molecule has 2 aromatic carbocycles. The number of amides is 1. The summed E-state index contributed by atoms with van der Waals surface area (Å²) in [5, 5.41) is 14.2. The van der Waals surface area contributed by atoms with Gasteiger partial charge in [0, 0.05) is 24.2 Å². The van der Waals surface area contributed by atoms with Gasteiger partial charge in [-0.05, 0) is 25.0 Å². The Kier molecular flexibility index (Phi) is 5.11. The van der Waals surface area contributed by atoms with Crippen molar-refractivity contribution in [2.75, 3.05) is 13.1 Å².